The molecule has 4 aliphatic rings. The first kappa shape index (κ1) is 44.6. The number of aliphatic hydroxyl groups excluding tert-OH is 2. The van der Waals surface area contributed by atoms with Gasteiger partial charge in [-0.1, -0.05) is 75.7 Å². The molecule has 0 aromatic heterocycles. The van der Waals surface area contributed by atoms with E-state index in [9.17, 15) is 39.3 Å². The van der Waals surface area contributed by atoms with Crippen molar-refractivity contribution in [3.63, 3.8) is 0 Å². The van der Waals surface area contributed by atoms with Gasteiger partial charge in [-0.2, -0.15) is 0 Å². The van der Waals surface area contributed by atoms with Crippen LogP contribution in [0.5, 0.6) is 0 Å². The quantitative estimate of drug-likeness (QED) is 0.136. The van der Waals surface area contributed by atoms with E-state index in [4.69, 9.17) is 23.7 Å². The molecule has 1 amide bonds. The van der Waals surface area contributed by atoms with Gasteiger partial charge in [0, 0.05) is 44.1 Å². The van der Waals surface area contributed by atoms with Gasteiger partial charge in [-0.15, -0.1) is 0 Å². The summed E-state index contributed by atoms with van der Waals surface area (Å²) >= 11 is 0. The van der Waals surface area contributed by atoms with Gasteiger partial charge in [-0.25, -0.2) is 4.79 Å². The topological polar surface area (TPSA) is 221 Å². The number of ether oxygens (including phenoxy) is 5. The third-order valence-corrected chi connectivity index (χ3v) is 13.2. The lowest BCUT2D eigenvalue weighted by Gasteiger charge is -2.67. The minimum atomic E-state index is -2.32. The lowest BCUT2D eigenvalue weighted by molar-refractivity contribution is -0.347. The van der Waals surface area contributed by atoms with Crippen LogP contribution in [0.25, 0.3) is 0 Å². The summed E-state index contributed by atoms with van der Waals surface area (Å²) in [7, 11) is 0. The number of fused-ring (bicyclic) bond motifs is 5. The van der Waals surface area contributed by atoms with Gasteiger partial charge < -0.3 is 44.3 Å². The number of benzene rings is 2. The Morgan fingerprint density at radius 1 is 0.933 bits per heavy atom. The standard InChI is InChI=1S/C45H55NO14/c1-8-9-20-32(50)59-39-37-43(7,30(49)21-31-44(37,23-56-31)60-26(4)48)38(52)36(57-25(3)47)33-24(2)29(22-45(39,55)42(33,5)6)58-41(54)35(51)34(27-16-12-10-13-17-27)46-40(53)28-18-14-11-15-19-28/h10-19,29-31,34-37,39,49,51,55H,8-9,20-23H2,1-7H3,(H,46,53)/t29-,30+,31-,34-,35+,36-,37-,39-,43-,44?,45-/m1/s1. The number of Topliss-reactive ketones (excluding diaryl/α,β-unsaturated/α-hetero) is 1. The van der Waals surface area contributed by atoms with E-state index in [2.05, 4.69) is 5.32 Å². The van der Waals surface area contributed by atoms with Crippen LogP contribution in [-0.2, 0) is 47.7 Å². The number of amides is 1. The Bertz CT molecular complexity index is 2030. The molecule has 324 valence electrons. The number of rotatable bonds is 12. The van der Waals surface area contributed by atoms with Crippen LogP contribution >= 0.6 is 0 Å². The molecule has 1 unspecified atom stereocenters. The molecule has 11 atom stereocenters. The Kier molecular flexibility index (Phi) is 12.5. The van der Waals surface area contributed by atoms with Crippen LogP contribution in [-0.4, -0.2) is 105 Å². The lowest BCUT2D eigenvalue weighted by atomic mass is 9.44. The van der Waals surface area contributed by atoms with E-state index in [0.29, 0.717) is 18.4 Å². The van der Waals surface area contributed by atoms with Crippen molar-refractivity contribution in [2.75, 3.05) is 6.61 Å². The van der Waals surface area contributed by atoms with Crippen LogP contribution in [0.4, 0.5) is 0 Å². The summed E-state index contributed by atoms with van der Waals surface area (Å²) in [5.74, 6) is -6.50. The van der Waals surface area contributed by atoms with Gasteiger partial charge in [0.25, 0.3) is 5.91 Å². The average Bonchev–Trinajstić information content (AvgIpc) is 3.20. The maximum atomic E-state index is 15.4. The zero-order chi connectivity index (χ0) is 43.9. The molecule has 6 rings (SSSR count). The smallest absolute Gasteiger partial charge is 0.338 e. The molecule has 0 radical (unpaired) electrons. The van der Waals surface area contributed by atoms with E-state index in [1.165, 1.54) is 13.8 Å². The Morgan fingerprint density at radius 2 is 1.57 bits per heavy atom. The summed E-state index contributed by atoms with van der Waals surface area (Å²) in [4.78, 5) is 82.7. The predicted molar refractivity (Wildman–Crippen MR) is 211 cm³/mol. The van der Waals surface area contributed by atoms with E-state index in [1.54, 1.807) is 74.5 Å². The van der Waals surface area contributed by atoms with E-state index < -0.39 is 113 Å². The highest BCUT2D eigenvalue weighted by atomic mass is 16.6. The lowest BCUT2D eigenvalue weighted by Crippen LogP contribution is -2.82. The monoisotopic (exact) mass is 833 g/mol. The number of carbonyl (C=O) groups excluding carboxylic acids is 6. The second kappa shape index (κ2) is 16.8. The number of esters is 4. The summed E-state index contributed by atoms with van der Waals surface area (Å²) in [5.41, 5.74) is -6.81. The fourth-order valence-corrected chi connectivity index (χ4v) is 9.95. The third kappa shape index (κ3) is 7.54. The first-order valence-electron chi connectivity index (χ1n) is 20.4. The largest absolute Gasteiger partial charge is 0.459 e. The summed E-state index contributed by atoms with van der Waals surface area (Å²) in [6, 6.07) is 15.2. The van der Waals surface area contributed by atoms with Gasteiger partial charge in [0.05, 0.1) is 30.1 Å². The highest BCUT2D eigenvalue weighted by Crippen LogP contribution is 2.64. The molecule has 15 nitrogen and oxygen atoms in total. The number of nitrogens with one attached hydrogen (secondary N) is 1. The first-order valence-corrected chi connectivity index (χ1v) is 20.4. The average molecular weight is 834 g/mol. The molecule has 2 saturated carbocycles. The predicted octanol–water partition coefficient (Wildman–Crippen LogP) is 3.61. The van der Waals surface area contributed by atoms with Crippen LogP contribution in [0.1, 0.15) is 103 Å². The van der Waals surface area contributed by atoms with E-state index in [1.807, 2.05) is 6.92 Å². The molecule has 1 aliphatic heterocycles. The number of aliphatic hydroxyl groups is 3. The molecule has 2 bridgehead atoms. The van der Waals surface area contributed by atoms with Crippen molar-refractivity contribution in [1.82, 2.24) is 5.32 Å². The second-order valence-electron chi connectivity index (χ2n) is 17.2. The van der Waals surface area contributed by atoms with Gasteiger partial charge in [0.15, 0.2) is 23.6 Å². The molecule has 1 heterocycles. The minimum absolute atomic E-state index is 0.0238. The summed E-state index contributed by atoms with van der Waals surface area (Å²) in [5, 5.41) is 40.0. The van der Waals surface area contributed by atoms with Crippen molar-refractivity contribution in [3.8, 4) is 0 Å². The van der Waals surface area contributed by atoms with Crippen LogP contribution < -0.4 is 5.32 Å². The summed E-state index contributed by atoms with van der Waals surface area (Å²) in [6.45, 7) is 9.96. The normalized spacial score (nSPS) is 32.6. The van der Waals surface area contributed by atoms with Crippen molar-refractivity contribution >= 4 is 35.6 Å². The highest BCUT2D eigenvalue weighted by Gasteiger charge is 2.78. The fourth-order valence-electron chi connectivity index (χ4n) is 9.95. The number of hydrogen-bond acceptors (Lipinski definition) is 14. The molecular formula is C45H55NO14. The molecule has 3 aliphatic carbocycles. The van der Waals surface area contributed by atoms with Crippen LogP contribution in [0.2, 0.25) is 0 Å². The molecule has 4 N–H and O–H groups in total. The Labute approximate surface area is 348 Å². The van der Waals surface area contributed by atoms with Crippen molar-refractivity contribution in [2.45, 2.75) is 134 Å². The SMILES string of the molecule is CCCCC(=O)O[C@@H]1[C@H]2C3(OC(C)=O)CO[C@@H]3C[C@H](O)[C@@]2(C)C(=O)[C@H](OC(C)=O)C2=C(C)[C@H](OC(=O)[C@@H](O)[C@H](NC(=O)c3ccccc3)c3ccccc3)C[C@]1(O)C2(C)C. The van der Waals surface area contributed by atoms with Gasteiger partial charge in [-0.3, -0.25) is 24.0 Å². The number of unbranched alkanes of at least 4 members (excludes halogenated alkanes) is 1. The fraction of sp³-hybridized carbons (Fsp3) is 0.556. The van der Waals surface area contributed by atoms with Crippen LogP contribution in [0, 0.1) is 16.7 Å². The van der Waals surface area contributed by atoms with Gasteiger partial charge >= 0.3 is 23.9 Å². The maximum absolute atomic E-state index is 15.4. The van der Waals surface area contributed by atoms with Gasteiger partial charge in [-0.05, 0) is 49.1 Å². The Hall–Kier alpha value is -4.96. The zero-order valence-corrected chi connectivity index (χ0v) is 35.0. The minimum Gasteiger partial charge on any atom is -0.459 e. The van der Waals surface area contributed by atoms with Crippen molar-refractivity contribution in [2.24, 2.45) is 16.7 Å². The first-order chi connectivity index (χ1) is 28.2. The highest BCUT2D eigenvalue weighted by molar-refractivity contribution is 5.96. The molecule has 1 saturated heterocycles. The molecule has 0 spiro atoms. The number of hydrogen-bond donors (Lipinski definition) is 4. The maximum Gasteiger partial charge on any atom is 0.338 e. The molecule has 15 heteroatoms. The number of carbonyl (C=O) groups is 6. The van der Waals surface area contributed by atoms with Crippen molar-refractivity contribution in [1.29, 1.82) is 0 Å². The number of ketones is 1. The summed E-state index contributed by atoms with van der Waals surface area (Å²) < 4.78 is 30.1. The summed E-state index contributed by atoms with van der Waals surface area (Å²) in [6.07, 6.45) is -9.25. The zero-order valence-electron chi connectivity index (χ0n) is 35.0. The van der Waals surface area contributed by atoms with Crippen LogP contribution in [0.15, 0.2) is 71.8 Å². The van der Waals surface area contributed by atoms with Crippen molar-refractivity contribution in [3.05, 3.63) is 82.9 Å². The van der Waals surface area contributed by atoms with Crippen molar-refractivity contribution < 1.29 is 67.8 Å². The Balaban J connectivity index is 1.51. The van der Waals surface area contributed by atoms with Gasteiger partial charge in [0.2, 0.25) is 0 Å². The molecule has 60 heavy (non-hydrogen) atoms. The molecule has 3 fully saturated rings. The van der Waals surface area contributed by atoms with E-state index in [0.717, 1.165) is 13.8 Å². The Morgan fingerprint density at radius 3 is 2.13 bits per heavy atom. The third-order valence-electron chi connectivity index (χ3n) is 13.2. The molecule has 2 aromatic carbocycles. The van der Waals surface area contributed by atoms with Gasteiger partial charge in [0.1, 0.15) is 23.9 Å². The molecule has 2 aromatic rings. The van der Waals surface area contributed by atoms with Crippen LogP contribution in [0.3, 0.4) is 0 Å². The second-order valence-corrected chi connectivity index (χ2v) is 17.2. The van der Waals surface area contributed by atoms with E-state index in [-0.39, 0.29) is 36.2 Å². The van der Waals surface area contributed by atoms with E-state index >= 15 is 4.79 Å². The molecular weight excluding hydrogens is 778 g/mol.